The Labute approximate surface area is 200 Å². The van der Waals surface area contributed by atoms with Crippen LogP contribution in [0.5, 0.6) is 11.5 Å². The van der Waals surface area contributed by atoms with Gasteiger partial charge in [0.25, 0.3) is 0 Å². The Morgan fingerprint density at radius 1 is 0.941 bits per heavy atom. The van der Waals surface area contributed by atoms with Crippen molar-refractivity contribution in [1.29, 1.82) is 0 Å². The average Bonchev–Trinajstić information content (AvgIpc) is 3.05. The summed E-state index contributed by atoms with van der Waals surface area (Å²) in [5, 5.41) is 3.58. The summed E-state index contributed by atoms with van der Waals surface area (Å²) in [6, 6.07) is 18.5. The maximum absolute atomic E-state index is 14.4. The van der Waals surface area contributed by atoms with Crippen molar-refractivity contribution in [2.24, 2.45) is 0 Å². The van der Waals surface area contributed by atoms with E-state index in [1.807, 2.05) is 70.2 Å². The minimum Gasteiger partial charge on any atom is -0.497 e. The number of rotatable bonds is 4. The second-order valence-corrected chi connectivity index (χ2v) is 9.82. The van der Waals surface area contributed by atoms with E-state index in [0.717, 1.165) is 28.0 Å². The van der Waals surface area contributed by atoms with E-state index in [4.69, 9.17) is 18.8 Å². The van der Waals surface area contributed by atoms with Crippen molar-refractivity contribution in [3.05, 3.63) is 72.0 Å². The third-order valence-electron chi connectivity index (χ3n) is 7.06. The van der Waals surface area contributed by atoms with Gasteiger partial charge in [-0.25, -0.2) is 4.39 Å². The molecule has 1 N–H and O–H groups in total. The van der Waals surface area contributed by atoms with Crippen molar-refractivity contribution < 1.29 is 23.2 Å². The van der Waals surface area contributed by atoms with E-state index in [-0.39, 0.29) is 11.9 Å². The lowest BCUT2D eigenvalue weighted by Gasteiger charge is -2.32. The zero-order valence-corrected chi connectivity index (χ0v) is 20.1. The fourth-order valence-corrected chi connectivity index (χ4v) is 4.24. The van der Waals surface area contributed by atoms with Crippen LogP contribution in [0.1, 0.15) is 39.3 Å². The van der Waals surface area contributed by atoms with Crippen LogP contribution in [0, 0.1) is 5.82 Å². The molecule has 2 heterocycles. The summed E-state index contributed by atoms with van der Waals surface area (Å²) in [5.74, 6) is 1.14. The second kappa shape index (κ2) is 8.33. The number of methoxy groups -OCH3 is 1. The lowest BCUT2D eigenvalue weighted by molar-refractivity contribution is 0.00578. The van der Waals surface area contributed by atoms with E-state index in [1.165, 1.54) is 6.07 Å². The molecule has 0 spiro atoms. The fourth-order valence-electron chi connectivity index (χ4n) is 4.24. The van der Waals surface area contributed by atoms with Gasteiger partial charge >= 0.3 is 7.12 Å². The van der Waals surface area contributed by atoms with Crippen molar-refractivity contribution in [1.82, 2.24) is 0 Å². The van der Waals surface area contributed by atoms with Gasteiger partial charge in [-0.1, -0.05) is 30.3 Å². The number of hydrogen-bond donors (Lipinski definition) is 1. The lowest BCUT2D eigenvalue weighted by atomic mass is 9.78. The molecule has 0 amide bonds. The SMILES string of the molecule is COc1ccc(F)c(-c2ccc(C3COc4ccc(B5OC(C)(C)C(C)(C)O5)cc4N3)cc2)c1. The molecule has 5 rings (SSSR count). The highest BCUT2D eigenvalue weighted by Gasteiger charge is 2.51. The van der Waals surface area contributed by atoms with Gasteiger partial charge < -0.3 is 24.1 Å². The monoisotopic (exact) mass is 461 g/mol. The summed E-state index contributed by atoms with van der Waals surface area (Å²) < 4.78 is 38.0. The van der Waals surface area contributed by atoms with Gasteiger partial charge in [0, 0.05) is 5.56 Å². The van der Waals surface area contributed by atoms with Crippen molar-refractivity contribution >= 4 is 18.3 Å². The number of benzene rings is 3. The van der Waals surface area contributed by atoms with Crippen LogP contribution in [-0.4, -0.2) is 32.0 Å². The Balaban J connectivity index is 1.35. The molecule has 0 aliphatic carbocycles. The van der Waals surface area contributed by atoms with E-state index in [1.54, 1.807) is 19.2 Å². The van der Waals surface area contributed by atoms with Crippen molar-refractivity contribution in [2.45, 2.75) is 44.9 Å². The third kappa shape index (κ3) is 4.03. The average molecular weight is 461 g/mol. The van der Waals surface area contributed by atoms with Crippen LogP contribution in [0.25, 0.3) is 11.1 Å². The van der Waals surface area contributed by atoms with Gasteiger partial charge in [0.2, 0.25) is 0 Å². The Morgan fingerprint density at radius 3 is 2.32 bits per heavy atom. The van der Waals surface area contributed by atoms with Crippen molar-refractivity contribution in [2.75, 3.05) is 19.0 Å². The molecule has 2 aliphatic rings. The van der Waals surface area contributed by atoms with Crippen LogP contribution in [-0.2, 0) is 9.31 Å². The normalized spacial score (nSPS) is 20.3. The van der Waals surface area contributed by atoms with Crippen molar-refractivity contribution in [3.63, 3.8) is 0 Å². The van der Waals surface area contributed by atoms with Gasteiger partial charge in [-0.3, -0.25) is 0 Å². The predicted molar refractivity (Wildman–Crippen MR) is 132 cm³/mol. The first-order valence-corrected chi connectivity index (χ1v) is 11.5. The van der Waals surface area contributed by atoms with Crippen LogP contribution in [0.4, 0.5) is 10.1 Å². The molecule has 5 nitrogen and oxygen atoms in total. The third-order valence-corrected chi connectivity index (χ3v) is 7.06. The molecule has 2 aliphatic heterocycles. The topological polar surface area (TPSA) is 49.0 Å². The number of hydrogen-bond acceptors (Lipinski definition) is 5. The Kier molecular flexibility index (Phi) is 5.57. The molecule has 1 atom stereocenters. The summed E-state index contributed by atoms with van der Waals surface area (Å²) in [5.41, 5.74) is 3.40. The molecule has 7 heteroatoms. The van der Waals surface area contributed by atoms with Crippen LogP contribution in [0.2, 0.25) is 0 Å². The molecule has 1 unspecified atom stereocenters. The highest BCUT2D eigenvalue weighted by Crippen LogP contribution is 2.38. The highest BCUT2D eigenvalue weighted by atomic mass is 19.1. The maximum atomic E-state index is 14.4. The number of fused-ring (bicyclic) bond motifs is 1. The fraction of sp³-hybridized carbons (Fsp3) is 0.333. The lowest BCUT2D eigenvalue weighted by Crippen LogP contribution is -2.41. The molecule has 0 radical (unpaired) electrons. The molecule has 3 aromatic rings. The summed E-state index contributed by atoms with van der Waals surface area (Å²) in [6.07, 6.45) is 0. The predicted octanol–water partition coefficient (Wildman–Crippen LogP) is 5.35. The zero-order valence-electron chi connectivity index (χ0n) is 20.1. The highest BCUT2D eigenvalue weighted by molar-refractivity contribution is 6.62. The minimum atomic E-state index is -0.436. The molecule has 176 valence electrons. The first kappa shape index (κ1) is 22.8. The molecule has 0 bridgehead atoms. The maximum Gasteiger partial charge on any atom is 0.494 e. The Hall–Kier alpha value is -3.03. The van der Waals surface area contributed by atoms with Crippen LogP contribution in [0.15, 0.2) is 60.7 Å². The second-order valence-electron chi connectivity index (χ2n) is 9.82. The van der Waals surface area contributed by atoms with Gasteiger partial charge in [-0.2, -0.15) is 0 Å². The molecule has 0 aromatic heterocycles. The molecule has 1 fully saturated rings. The number of halogens is 1. The summed E-state index contributed by atoms with van der Waals surface area (Å²) in [6.45, 7) is 8.68. The van der Waals surface area contributed by atoms with E-state index in [9.17, 15) is 4.39 Å². The summed E-state index contributed by atoms with van der Waals surface area (Å²) >= 11 is 0. The van der Waals surface area contributed by atoms with Gasteiger partial charge in [-0.05, 0) is 74.6 Å². The Bertz CT molecular complexity index is 1200. The molecular weight excluding hydrogens is 432 g/mol. The number of nitrogens with one attached hydrogen (secondary N) is 1. The zero-order chi connectivity index (χ0) is 24.1. The van der Waals surface area contributed by atoms with Crippen LogP contribution >= 0.6 is 0 Å². The molecule has 1 saturated heterocycles. The molecule has 34 heavy (non-hydrogen) atoms. The Morgan fingerprint density at radius 2 is 1.65 bits per heavy atom. The quantitative estimate of drug-likeness (QED) is 0.532. The van der Waals surface area contributed by atoms with E-state index in [0.29, 0.717) is 17.9 Å². The van der Waals surface area contributed by atoms with E-state index in [2.05, 4.69) is 5.32 Å². The summed E-state index contributed by atoms with van der Waals surface area (Å²) in [4.78, 5) is 0. The van der Waals surface area contributed by atoms with Gasteiger partial charge in [-0.15, -0.1) is 0 Å². The standard InChI is InChI=1S/C27H29BFNO4/c1-26(2)27(3,4)34-28(33-26)19-10-13-25-23(14-19)30-24(16-32-25)18-8-6-17(7-9-18)21-15-20(31-5)11-12-22(21)29/h6-15,24,30H,16H2,1-5H3. The number of anilines is 1. The van der Waals surface area contributed by atoms with E-state index < -0.39 is 18.3 Å². The molecule has 0 saturated carbocycles. The van der Waals surface area contributed by atoms with Gasteiger partial charge in [0.05, 0.1) is 30.0 Å². The summed E-state index contributed by atoms with van der Waals surface area (Å²) in [7, 11) is 1.14. The van der Waals surface area contributed by atoms with Crippen LogP contribution < -0.4 is 20.3 Å². The largest absolute Gasteiger partial charge is 0.497 e. The molecule has 3 aromatic carbocycles. The first-order chi connectivity index (χ1) is 16.2. The minimum absolute atomic E-state index is 0.0368. The van der Waals surface area contributed by atoms with Crippen molar-refractivity contribution in [3.8, 4) is 22.6 Å². The smallest absolute Gasteiger partial charge is 0.494 e. The number of ether oxygens (including phenoxy) is 2. The van der Waals surface area contributed by atoms with Crippen LogP contribution in [0.3, 0.4) is 0 Å². The van der Waals surface area contributed by atoms with E-state index >= 15 is 0 Å². The van der Waals surface area contributed by atoms with Gasteiger partial charge in [0.1, 0.15) is 23.9 Å². The van der Waals surface area contributed by atoms with Gasteiger partial charge in [0.15, 0.2) is 0 Å². The first-order valence-electron chi connectivity index (χ1n) is 11.5. The molecular formula is C27H29BFNO4.